The van der Waals surface area contributed by atoms with E-state index in [1.807, 2.05) is 0 Å². The summed E-state index contributed by atoms with van der Waals surface area (Å²) in [6.07, 6.45) is 5.92. The van der Waals surface area contributed by atoms with Gasteiger partial charge in [0, 0.05) is 12.0 Å². The van der Waals surface area contributed by atoms with Crippen LogP contribution in [0.2, 0.25) is 0 Å². The summed E-state index contributed by atoms with van der Waals surface area (Å²) >= 11 is 0. The summed E-state index contributed by atoms with van der Waals surface area (Å²) in [5, 5.41) is 2.60. The first-order valence-electron chi connectivity index (χ1n) is 5.42. The number of terminal acetylenes is 1. The van der Waals surface area contributed by atoms with Crippen molar-refractivity contribution in [1.29, 1.82) is 0 Å². The maximum Gasteiger partial charge on any atom is 0.252 e. The summed E-state index contributed by atoms with van der Waals surface area (Å²) in [4.78, 5) is 11.7. The van der Waals surface area contributed by atoms with Gasteiger partial charge in [-0.3, -0.25) is 4.79 Å². The third kappa shape index (κ3) is 2.70. The lowest BCUT2D eigenvalue weighted by atomic mass is 10.2. The molecule has 0 bridgehead atoms. The molecule has 0 aromatic heterocycles. The molecule has 0 saturated carbocycles. The highest BCUT2D eigenvalue weighted by Crippen LogP contribution is 2.30. The normalized spacial score (nSPS) is 13.4. The summed E-state index contributed by atoms with van der Waals surface area (Å²) in [7, 11) is 0. The number of amides is 1. The Morgan fingerprint density at radius 2 is 2.12 bits per heavy atom. The number of carbonyl (C=O) groups is 1. The van der Waals surface area contributed by atoms with Gasteiger partial charge in [-0.25, -0.2) is 0 Å². The topological polar surface area (TPSA) is 47.6 Å². The van der Waals surface area contributed by atoms with Gasteiger partial charge in [0.25, 0.3) is 5.91 Å². The predicted octanol–water partition coefficient (Wildman–Crippen LogP) is 1.21. The fourth-order valence-electron chi connectivity index (χ4n) is 1.54. The number of hydrogen-bond acceptors (Lipinski definition) is 3. The molecule has 0 saturated heterocycles. The number of rotatable bonds is 2. The van der Waals surface area contributed by atoms with Gasteiger partial charge in [0.05, 0.1) is 19.8 Å². The zero-order valence-electron chi connectivity index (χ0n) is 9.36. The Bertz CT molecular complexity index is 462. The first-order chi connectivity index (χ1) is 8.31. The Morgan fingerprint density at radius 1 is 1.35 bits per heavy atom. The van der Waals surface area contributed by atoms with Gasteiger partial charge in [-0.05, 0) is 18.2 Å². The third-order valence-corrected chi connectivity index (χ3v) is 2.36. The maximum absolute atomic E-state index is 11.7. The highest BCUT2D eigenvalue weighted by molar-refractivity contribution is 5.95. The summed E-state index contributed by atoms with van der Waals surface area (Å²) in [6.45, 7) is 1.45. The lowest BCUT2D eigenvalue weighted by molar-refractivity contribution is 0.0958. The highest BCUT2D eigenvalue weighted by Gasteiger charge is 2.13. The fourth-order valence-corrected chi connectivity index (χ4v) is 1.54. The van der Waals surface area contributed by atoms with Crippen LogP contribution in [-0.4, -0.2) is 25.7 Å². The molecule has 88 valence electrons. The number of hydrogen-bond donors (Lipinski definition) is 1. The lowest BCUT2D eigenvalue weighted by Crippen LogP contribution is -2.23. The number of carbonyl (C=O) groups excluding carboxylic acids is 1. The molecule has 0 unspecified atom stereocenters. The van der Waals surface area contributed by atoms with E-state index < -0.39 is 0 Å². The van der Waals surface area contributed by atoms with Gasteiger partial charge in [0.15, 0.2) is 11.5 Å². The van der Waals surface area contributed by atoms with Crippen LogP contribution in [0, 0.1) is 12.3 Å². The second kappa shape index (κ2) is 5.26. The summed E-state index contributed by atoms with van der Waals surface area (Å²) in [5.74, 6) is 3.43. The average Bonchev–Trinajstić information content (AvgIpc) is 2.60. The lowest BCUT2D eigenvalue weighted by Gasteiger charge is -2.08. The van der Waals surface area contributed by atoms with Crippen LogP contribution in [0.4, 0.5) is 0 Å². The smallest absolute Gasteiger partial charge is 0.252 e. The van der Waals surface area contributed by atoms with Crippen molar-refractivity contribution in [3.8, 4) is 23.8 Å². The first kappa shape index (κ1) is 11.3. The van der Waals surface area contributed by atoms with Gasteiger partial charge >= 0.3 is 0 Å². The molecule has 1 N–H and O–H groups in total. The van der Waals surface area contributed by atoms with E-state index in [0.717, 1.165) is 6.42 Å². The predicted molar refractivity (Wildman–Crippen MR) is 63.2 cm³/mol. The minimum Gasteiger partial charge on any atom is -0.490 e. The van der Waals surface area contributed by atoms with E-state index >= 15 is 0 Å². The van der Waals surface area contributed by atoms with E-state index in [4.69, 9.17) is 15.9 Å². The van der Waals surface area contributed by atoms with Crippen molar-refractivity contribution in [2.24, 2.45) is 0 Å². The molecule has 1 heterocycles. The molecule has 0 aliphatic carbocycles. The molecule has 1 aliphatic heterocycles. The molecular formula is C13H13NO3. The number of ether oxygens (including phenoxy) is 2. The zero-order chi connectivity index (χ0) is 12.1. The van der Waals surface area contributed by atoms with Crippen molar-refractivity contribution in [3.63, 3.8) is 0 Å². The van der Waals surface area contributed by atoms with Crippen LogP contribution in [0.3, 0.4) is 0 Å². The van der Waals surface area contributed by atoms with E-state index in [9.17, 15) is 4.79 Å². The molecule has 2 rings (SSSR count). The van der Waals surface area contributed by atoms with Crippen molar-refractivity contribution < 1.29 is 14.3 Å². The first-order valence-corrected chi connectivity index (χ1v) is 5.42. The van der Waals surface area contributed by atoms with Crippen LogP contribution in [0.25, 0.3) is 0 Å². The average molecular weight is 231 g/mol. The summed E-state index contributed by atoms with van der Waals surface area (Å²) < 4.78 is 11.0. The summed E-state index contributed by atoms with van der Waals surface area (Å²) in [6, 6.07) is 5.11. The van der Waals surface area contributed by atoms with Crippen LogP contribution in [0.15, 0.2) is 18.2 Å². The Labute approximate surface area is 99.9 Å². The van der Waals surface area contributed by atoms with Gasteiger partial charge < -0.3 is 14.8 Å². The SMILES string of the molecule is C#CCNC(=O)c1ccc2c(c1)OCCCO2. The van der Waals surface area contributed by atoms with Crippen molar-refractivity contribution in [2.45, 2.75) is 6.42 Å². The molecule has 1 aliphatic rings. The van der Waals surface area contributed by atoms with Gasteiger partial charge in [-0.15, -0.1) is 6.42 Å². The van der Waals surface area contributed by atoms with Crippen molar-refractivity contribution in [3.05, 3.63) is 23.8 Å². The minimum absolute atomic E-state index is 0.210. The molecule has 1 amide bonds. The van der Waals surface area contributed by atoms with Gasteiger partial charge in [0.1, 0.15) is 0 Å². The Hall–Kier alpha value is -2.15. The van der Waals surface area contributed by atoms with Gasteiger partial charge in [-0.1, -0.05) is 5.92 Å². The second-order valence-corrected chi connectivity index (χ2v) is 3.60. The molecule has 0 spiro atoms. The van der Waals surface area contributed by atoms with Gasteiger partial charge in [0.2, 0.25) is 0 Å². The zero-order valence-corrected chi connectivity index (χ0v) is 9.36. The van der Waals surface area contributed by atoms with Crippen LogP contribution in [0.1, 0.15) is 16.8 Å². The minimum atomic E-state index is -0.210. The quantitative estimate of drug-likeness (QED) is 0.778. The number of benzene rings is 1. The Balaban J connectivity index is 2.18. The Morgan fingerprint density at radius 3 is 2.88 bits per heavy atom. The fraction of sp³-hybridized carbons (Fsp3) is 0.308. The van der Waals surface area contributed by atoms with Crippen molar-refractivity contribution in [1.82, 2.24) is 5.32 Å². The van der Waals surface area contributed by atoms with E-state index in [1.54, 1.807) is 18.2 Å². The van der Waals surface area contributed by atoms with Crippen molar-refractivity contribution >= 4 is 5.91 Å². The third-order valence-electron chi connectivity index (χ3n) is 2.36. The van der Waals surface area contributed by atoms with Crippen LogP contribution in [-0.2, 0) is 0 Å². The largest absolute Gasteiger partial charge is 0.490 e. The molecular weight excluding hydrogens is 218 g/mol. The molecule has 1 aromatic rings. The second-order valence-electron chi connectivity index (χ2n) is 3.60. The number of nitrogens with one attached hydrogen (secondary N) is 1. The van der Waals surface area contributed by atoms with Crippen molar-refractivity contribution in [2.75, 3.05) is 19.8 Å². The van der Waals surface area contributed by atoms with Gasteiger partial charge in [-0.2, -0.15) is 0 Å². The highest BCUT2D eigenvalue weighted by atomic mass is 16.5. The molecule has 4 heteroatoms. The van der Waals surface area contributed by atoms with E-state index in [0.29, 0.717) is 30.3 Å². The van der Waals surface area contributed by atoms with E-state index in [1.165, 1.54) is 0 Å². The molecule has 0 fully saturated rings. The Kier molecular flexibility index (Phi) is 3.51. The molecule has 4 nitrogen and oxygen atoms in total. The maximum atomic E-state index is 11.7. The number of fused-ring (bicyclic) bond motifs is 1. The van der Waals surface area contributed by atoms with Crippen LogP contribution in [0.5, 0.6) is 11.5 Å². The van der Waals surface area contributed by atoms with E-state index in [2.05, 4.69) is 11.2 Å². The molecule has 0 atom stereocenters. The van der Waals surface area contributed by atoms with Crippen LogP contribution < -0.4 is 14.8 Å². The standard InChI is InChI=1S/C13H13NO3/c1-2-6-14-13(15)10-4-5-11-12(9-10)17-8-3-7-16-11/h1,4-5,9H,3,6-8H2,(H,14,15). The van der Waals surface area contributed by atoms with E-state index in [-0.39, 0.29) is 12.5 Å². The monoisotopic (exact) mass is 231 g/mol. The summed E-state index contributed by atoms with van der Waals surface area (Å²) in [5.41, 5.74) is 0.518. The van der Waals surface area contributed by atoms with Crippen LogP contribution >= 0.6 is 0 Å². The molecule has 0 radical (unpaired) electrons. The molecule has 17 heavy (non-hydrogen) atoms. The molecule has 1 aromatic carbocycles.